The van der Waals surface area contributed by atoms with Gasteiger partial charge in [-0.25, -0.2) is 0 Å². The first-order chi connectivity index (χ1) is 11.1. The van der Waals surface area contributed by atoms with Gasteiger partial charge in [-0.2, -0.15) is 0 Å². The van der Waals surface area contributed by atoms with Crippen LogP contribution in [0.2, 0.25) is 0 Å². The van der Waals surface area contributed by atoms with E-state index in [9.17, 15) is 9.59 Å². The topological polar surface area (TPSA) is 57.6 Å². The summed E-state index contributed by atoms with van der Waals surface area (Å²) >= 11 is 0. The Morgan fingerprint density at radius 3 is 2.09 bits per heavy atom. The van der Waals surface area contributed by atoms with Crippen LogP contribution in [0.15, 0.2) is 55.6 Å². The van der Waals surface area contributed by atoms with E-state index in [1.807, 2.05) is 0 Å². The molecule has 0 unspecified atom stereocenters. The van der Waals surface area contributed by atoms with Gasteiger partial charge in [-0.3, -0.25) is 9.59 Å². The molecule has 4 nitrogen and oxygen atoms in total. The molecule has 4 heteroatoms. The molecule has 0 saturated carbocycles. The highest BCUT2D eigenvalue weighted by molar-refractivity contribution is 6.30. The molecule has 0 aromatic heterocycles. The minimum Gasteiger partial charge on any atom is -0.395 e. The molecular weight excluding hydrogens is 290 g/mol. The molecule has 1 aliphatic carbocycles. The van der Waals surface area contributed by atoms with Crippen molar-refractivity contribution in [1.29, 1.82) is 0 Å². The van der Waals surface area contributed by atoms with Crippen molar-refractivity contribution in [3.05, 3.63) is 77.9 Å². The van der Waals surface area contributed by atoms with Crippen molar-refractivity contribution in [2.24, 2.45) is 0 Å². The average molecular weight is 309 g/mol. The fraction of sp³-hybridized carbons (Fsp3) is 0.158. The van der Waals surface area contributed by atoms with E-state index in [-0.39, 0.29) is 18.2 Å². The molecule has 1 N–H and O–H groups in total. The largest absolute Gasteiger partial charge is 0.395 e. The number of aliphatic hydroxyl groups excluding tert-OH is 1. The van der Waals surface area contributed by atoms with Gasteiger partial charge in [0.15, 0.2) is 11.6 Å². The first-order valence-corrected chi connectivity index (χ1v) is 7.28. The highest BCUT2D eigenvalue weighted by atomic mass is 16.3. The molecule has 0 aliphatic heterocycles. The predicted molar refractivity (Wildman–Crippen MR) is 91.4 cm³/mol. The summed E-state index contributed by atoms with van der Waals surface area (Å²) in [6, 6.07) is 12.1. The lowest BCUT2D eigenvalue weighted by Gasteiger charge is -2.25. The first kappa shape index (κ1) is 16.6. The Balaban J connectivity index is 0.000000924. The van der Waals surface area contributed by atoms with Crippen LogP contribution in [0.4, 0.5) is 5.69 Å². The molecule has 2 aromatic carbocycles. The van der Waals surface area contributed by atoms with Crippen LogP contribution in [0.3, 0.4) is 0 Å². The van der Waals surface area contributed by atoms with E-state index in [1.54, 1.807) is 54.4 Å². The molecule has 0 heterocycles. The van der Waals surface area contributed by atoms with Gasteiger partial charge >= 0.3 is 0 Å². The van der Waals surface area contributed by atoms with Crippen LogP contribution >= 0.6 is 0 Å². The van der Waals surface area contributed by atoms with Crippen LogP contribution in [-0.2, 0) is 0 Å². The molecule has 0 bridgehead atoms. The van der Waals surface area contributed by atoms with Crippen molar-refractivity contribution in [2.45, 2.75) is 0 Å². The number of ketones is 2. The number of fused-ring (bicyclic) bond motifs is 2. The number of aliphatic hydroxyl groups is 1. The molecule has 0 saturated heterocycles. The molecule has 23 heavy (non-hydrogen) atoms. The number of anilines is 1. The van der Waals surface area contributed by atoms with Crippen LogP contribution in [0.25, 0.3) is 0 Å². The number of rotatable bonds is 3. The van der Waals surface area contributed by atoms with Gasteiger partial charge in [0.1, 0.15) is 0 Å². The van der Waals surface area contributed by atoms with Crippen molar-refractivity contribution in [1.82, 2.24) is 0 Å². The van der Waals surface area contributed by atoms with Crippen molar-refractivity contribution < 1.29 is 14.7 Å². The molecule has 0 atom stereocenters. The number of nitrogens with zero attached hydrogens (tertiary/aromatic N) is 1. The highest BCUT2D eigenvalue weighted by Crippen LogP contribution is 2.33. The second kappa shape index (κ2) is 7.03. The van der Waals surface area contributed by atoms with E-state index >= 15 is 0 Å². The second-order valence-corrected chi connectivity index (χ2v) is 5.05. The molecule has 0 spiro atoms. The minimum atomic E-state index is -0.138. The SMILES string of the molecule is C=C.CN(CCO)c1cccc2c1C(=O)c1ccccc1C2=O. The first-order valence-electron chi connectivity index (χ1n) is 7.28. The van der Waals surface area contributed by atoms with Gasteiger partial charge in [0.25, 0.3) is 0 Å². The number of hydrogen-bond acceptors (Lipinski definition) is 4. The minimum absolute atomic E-state index is 0.0150. The smallest absolute Gasteiger partial charge is 0.196 e. The molecule has 0 amide bonds. The van der Waals surface area contributed by atoms with Gasteiger partial charge < -0.3 is 10.0 Å². The number of carbonyl (C=O) groups excluding carboxylic acids is 2. The zero-order chi connectivity index (χ0) is 17.0. The van der Waals surface area contributed by atoms with Crippen LogP contribution in [0.1, 0.15) is 31.8 Å². The van der Waals surface area contributed by atoms with Crippen LogP contribution in [-0.4, -0.2) is 36.9 Å². The summed E-state index contributed by atoms with van der Waals surface area (Å²) in [5, 5.41) is 9.08. The Bertz CT molecular complexity index is 752. The molecule has 3 rings (SSSR count). The average Bonchev–Trinajstić information content (AvgIpc) is 2.61. The zero-order valence-electron chi connectivity index (χ0n) is 13.1. The summed E-state index contributed by atoms with van der Waals surface area (Å²) in [7, 11) is 1.80. The Morgan fingerprint density at radius 1 is 0.913 bits per heavy atom. The fourth-order valence-corrected chi connectivity index (χ4v) is 2.72. The highest BCUT2D eigenvalue weighted by Gasteiger charge is 2.31. The summed E-state index contributed by atoms with van der Waals surface area (Å²) in [4.78, 5) is 27.1. The van der Waals surface area contributed by atoms with Gasteiger partial charge in [-0.05, 0) is 6.07 Å². The summed E-state index contributed by atoms with van der Waals surface area (Å²) in [5.41, 5.74) is 2.43. The maximum atomic E-state index is 12.7. The van der Waals surface area contributed by atoms with Gasteiger partial charge in [0.05, 0.1) is 12.2 Å². The second-order valence-electron chi connectivity index (χ2n) is 5.05. The van der Waals surface area contributed by atoms with E-state index in [0.717, 1.165) is 0 Å². The Morgan fingerprint density at radius 2 is 1.48 bits per heavy atom. The van der Waals surface area contributed by atoms with Crippen LogP contribution in [0.5, 0.6) is 0 Å². The summed E-state index contributed by atoms with van der Waals surface area (Å²) < 4.78 is 0. The maximum absolute atomic E-state index is 12.7. The molecular formula is C19H19NO3. The quantitative estimate of drug-likeness (QED) is 0.756. The number of carbonyl (C=O) groups is 2. The molecule has 0 fully saturated rings. The van der Waals surface area contributed by atoms with Gasteiger partial charge in [0.2, 0.25) is 0 Å². The third kappa shape index (κ3) is 2.81. The summed E-state index contributed by atoms with van der Waals surface area (Å²) in [5.74, 6) is -0.264. The summed E-state index contributed by atoms with van der Waals surface area (Å²) in [6.07, 6.45) is 0. The van der Waals surface area contributed by atoms with E-state index in [2.05, 4.69) is 13.2 Å². The fourth-order valence-electron chi connectivity index (χ4n) is 2.72. The van der Waals surface area contributed by atoms with Crippen LogP contribution in [0, 0.1) is 0 Å². The van der Waals surface area contributed by atoms with Crippen LogP contribution < -0.4 is 4.90 Å². The molecule has 118 valence electrons. The lowest BCUT2D eigenvalue weighted by atomic mass is 9.83. The summed E-state index contributed by atoms with van der Waals surface area (Å²) in [6.45, 7) is 6.39. The van der Waals surface area contributed by atoms with E-state index < -0.39 is 0 Å². The lowest BCUT2D eigenvalue weighted by molar-refractivity contribution is 0.0979. The molecule has 0 radical (unpaired) electrons. The normalized spacial score (nSPS) is 11.9. The Hall–Kier alpha value is -2.72. The standard InChI is InChI=1S/C17H15NO3.C2H4/c1-18(9-10-19)14-8-4-7-13-15(14)17(21)12-6-3-2-5-11(12)16(13)20;1-2/h2-8,19H,9-10H2,1H3;1-2H2. The third-order valence-corrected chi connectivity index (χ3v) is 3.78. The number of hydrogen-bond donors (Lipinski definition) is 1. The van der Waals surface area contributed by atoms with E-state index in [4.69, 9.17) is 5.11 Å². The predicted octanol–water partition coefficient (Wildman–Crippen LogP) is 2.69. The van der Waals surface area contributed by atoms with Crippen molar-refractivity contribution in [3.8, 4) is 0 Å². The van der Waals surface area contributed by atoms with Gasteiger partial charge in [-0.15, -0.1) is 13.2 Å². The van der Waals surface area contributed by atoms with Crippen molar-refractivity contribution in [2.75, 3.05) is 25.1 Å². The molecule has 1 aliphatic rings. The van der Waals surface area contributed by atoms with Gasteiger partial charge in [-0.1, -0.05) is 36.4 Å². The third-order valence-electron chi connectivity index (χ3n) is 3.78. The zero-order valence-corrected chi connectivity index (χ0v) is 13.1. The van der Waals surface area contributed by atoms with Gasteiger partial charge in [0, 0.05) is 36.0 Å². The Labute approximate surface area is 135 Å². The van der Waals surface area contributed by atoms with Crippen molar-refractivity contribution in [3.63, 3.8) is 0 Å². The Kier molecular flexibility index (Phi) is 5.09. The number of benzene rings is 2. The molecule has 2 aromatic rings. The lowest BCUT2D eigenvalue weighted by Crippen LogP contribution is -2.27. The van der Waals surface area contributed by atoms with E-state index in [0.29, 0.717) is 34.5 Å². The number of likely N-dealkylation sites (N-methyl/N-ethyl adjacent to an activating group) is 1. The maximum Gasteiger partial charge on any atom is 0.196 e. The monoisotopic (exact) mass is 309 g/mol. The van der Waals surface area contributed by atoms with Crippen molar-refractivity contribution >= 4 is 17.3 Å². The van der Waals surface area contributed by atoms with E-state index in [1.165, 1.54) is 0 Å².